The Morgan fingerprint density at radius 1 is 1.38 bits per heavy atom. The smallest absolute Gasteiger partial charge is 0.126 e. The molecule has 1 saturated carbocycles. The summed E-state index contributed by atoms with van der Waals surface area (Å²) in [7, 11) is 0. The molecule has 0 radical (unpaired) electrons. The molecule has 0 heterocycles. The van der Waals surface area contributed by atoms with Gasteiger partial charge in [-0.1, -0.05) is 15.9 Å². The molecule has 1 aliphatic carbocycles. The third-order valence-electron chi connectivity index (χ3n) is 2.60. The van der Waals surface area contributed by atoms with Crippen molar-refractivity contribution in [2.24, 2.45) is 0 Å². The van der Waals surface area contributed by atoms with Crippen molar-refractivity contribution in [2.75, 3.05) is 0 Å². The number of hydrogen-bond donors (Lipinski definition) is 1. The maximum atomic E-state index is 13.3. The van der Waals surface area contributed by atoms with E-state index in [4.69, 9.17) is 0 Å². The van der Waals surface area contributed by atoms with Gasteiger partial charge in [0.2, 0.25) is 0 Å². The highest BCUT2D eigenvalue weighted by Crippen LogP contribution is 2.38. The van der Waals surface area contributed by atoms with E-state index in [2.05, 4.69) is 15.9 Å². The first-order chi connectivity index (χ1) is 6.18. The average Bonchev–Trinajstić information content (AvgIpc) is 2.09. The van der Waals surface area contributed by atoms with E-state index in [-0.39, 0.29) is 17.8 Å². The lowest BCUT2D eigenvalue weighted by molar-refractivity contribution is 0.0644. The van der Waals surface area contributed by atoms with Crippen LogP contribution in [-0.4, -0.2) is 11.2 Å². The second-order valence-corrected chi connectivity index (χ2v) is 4.33. The average molecular weight is 245 g/mol. The maximum absolute atomic E-state index is 13.3. The SMILES string of the molecule is OC1CCC1c1cc(Br)ccc1F. The summed E-state index contributed by atoms with van der Waals surface area (Å²) in [5.41, 5.74) is 0.633. The summed E-state index contributed by atoms with van der Waals surface area (Å²) in [6.45, 7) is 0. The van der Waals surface area contributed by atoms with Crippen molar-refractivity contribution in [1.29, 1.82) is 0 Å². The first-order valence-corrected chi connectivity index (χ1v) is 5.11. The molecule has 0 bridgehead atoms. The largest absolute Gasteiger partial charge is 0.392 e. The van der Waals surface area contributed by atoms with Gasteiger partial charge in [-0.15, -0.1) is 0 Å². The normalized spacial score (nSPS) is 27.0. The molecule has 1 aromatic carbocycles. The Bertz CT molecular complexity index is 327. The van der Waals surface area contributed by atoms with Crippen molar-refractivity contribution >= 4 is 15.9 Å². The van der Waals surface area contributed by atoms with Crippen molar-refractivity contribution in [3.05, 3.63) is 34.1 Å². The van der Waals surface area contributed by atoms with Gasteiger partial charge in [0.15, 0.2) is 0 Å². The molecule has 0 amide bonds. The van der Waals surface area contributed by atoms with Crippen molar-refractivity contribution < 1.29 is 9.50 Å². The van der Waals surface area contributed by atoms with E-state index >= 15 is 0 Å². The summed E-state index contributed by atoms with van der Waals surface area (Å²) in [5, 5.41) is 9.39. The minimum absolute atomic E-state index is 0.00231. The molecule has 0 aliphatic heterocycles. The molecule has 0 saturated heterocycles. The van der Waals surface area contributed by atoms with Crippen LogP contribution < -0.4 is 0 Å². The zero-order valence-electron chi connectivity index (χ0n) is 7.00. The van der Waals surface area contributed by atoms with Crippen LogP contribution in [0.2, 0.25) is 0 Å². The van der Waals surface area contributed by atoms with Crippen LogP contribution in [-0.2, 0) is 0 Å². The summed E-state index contributed by atoms with van der Waals surface area (Å²) in [4.78, 5) is 0. The highest BCUT2D eigenvalue weighted by atomic mass is 79.9. The second kappa shape index (κ2) is 3.39. The van der Waals surface area contributed by atoms with E-state index in [0.717, 1.165) is 17.3 Å². The van der Waals surface area contributed by atoms with Crippen molar-refractivity contribution in [3.63, 3.8) is 0 Å². The van der Waals surface area contributed by atoms with E-state index in [1.54, 1.807) is 12.1 Å². The molecule has 0 aromatic heterocycles. The summed E-state index contributed by atoms with van der Waals surface area (Å²) in [6.07, 6.45) is 1.31. The highest BCUT2D eigenvalue weighted by molar-refractivity contribution is 9.10. The Morgan fingerprint density at radius 3 is 2.69 bits per heavy atom. The molecule has 3 heteroatoms. The Hall–Kier alpha value is -0.410. The molecule has 1 aliphatic rings. The van der Waals surface area contributed by atoms with Crippen molar-refractivity contribution in [1.82, 2.24) is 0 Å². The molecule has 1 fully saturated rings. The van der Waals surface area contributed by atoms with Crippen LogP contribution in [0.3, 0.4) is 0 Å². The summed E-state index contributed by atoms with van der Waals surface area (Å²) in [5.74, 6) is -0.218. The van der Waals surface area contributed by atoms with Gasteiger partial charge in [0.25, 0.3) is 0 Å². The van der Waals surface area contributed by atoms with Crippen molar-refractivity contribution in [2.45, 2.75) is 24.9 Å². The molecule has 1 aromatic rings. The Morgan fingerprint density at radius 2 is 2.15 bits per heavy atom. The first kappa shape index (κ1) is 9.16. The lowest BCUT2D eigenvalue weighted by Crippen LogP contribution is -2.29. The Balaban J connectivity index is 2.33. The van der Waals surface area contributed by atoms with Gasteiger partial charge >= 0.3 is 0 Å². The van der Waals surface area contributed by atoms with Crippen LogP contribution in [0, 0.1) is 5.82 Å². The van der Waals surface area contributed by atoms with Gasteiger partial charge in [-0.2, -0.15) is 0 Å². The molecule has 13 heavy (non-hydrogen) atoms. The van der Waals surface area contributed by atoms with Gasteiger partial charge in [-0.25, -0.2) is 4.39 Å². The standard InChI is InChI=1S/C10H10BrFO/c11-6-1-3-9(12)8(5-6)7-2-4-10(7)13/h1,3,5,7,10,13H,2,4H2. The molecule has 2 unspecified atom stereocenters. The second-order valence-electron chi connectivity index (χ2n) is 3.42. The van der Waals surface area contributed by atoms with E-state index in [9.17, 15) is 9.50 Å². The molecule has 2 atom stereocenters. The van der Waals surface area contributed by atoms with Crippen LogP contribution in [0.1, 0.15) is 24.3 Å². The molecule has 1 N–H and O–H groups in total. The fourth-order valence-corrected chi connectivity index (χ4v) is 2.02. The van der Waals surface area contributed by atoms with Crippen LogP contribution in [0.5, 0.6) is 0 Å². The lowest BCUT2D eigenvalue weighted by Gasteiger charge is -2.32. The molecule has 2 rings (SSSR count). The minimum Gasteiger partial charge on any atom is -0.392 e. The predicted octanol–water partition coefficient (Wildman–Crippen LogP) is 2.83. The molecule has 1 nitrogen and oxygen atoms in total. The summed E-state index contributed by atoms with van der Waals surface area (Å²) in [6, 6.07) is 4.86. The monoisotopic (exact) mass is 244 g/mol. The fourth-order valence-electron chi connectivity index (χ4n) is 1.64. The Labute approximate surface area is 84.7 Å². The Kier molecular flexibility index (Phi) is 2.39. The quantitative estimate of drug-likeness (QED) is 0.806. The van der Waals surface area contributed by atoms with E-state index in [0.29, 0.717) is 5.56 Å². The lowest BCUT2D eigenvalue weighted by atomic mass is 9.77. The van der Waals surface area contributed by atoms with E-state index in [1.807, 2.05) is 0 Å². The number of aliphatic hydroxyl groups excluding tert-OH is 1. The number of rotatable bonds is 1. The number of benzene rings is 1. The van der Waals surface area contributed by atoms with Crippen molar-refractivity contribution in [3.8, 4) is 0 Å². The summed E-state index contributed by atoms with van der Waals surface area (Å²) < 4.78 is 14.1. The van der Waals surface area contributed by atoms with Crippen LogP contribution in [0.15, 0.2) is 22.7 Å². The third-order valence-corrected chi connectivity index (χ3v) is 3.09. The summed E-state index contributed by atoms with van der Waals surface area (Å²) >= 11 is 3.29. The molecular formula is C10H10BrFO. The maximum Gasteiger partial charge on any atom is 0.126 e. The van der Waals surface area contributed by atoms with E-state index < -0.39 is 0 Å². The van der Waals surface area contributed by atoms with Gasteiger partial charge < -0.3 is 5.11 Å². The van der Waals surface area contributed by atoms with Gasteiger partial charge in [-0.3, -0.25) is 0 Å². The molecule has 0 spiro atoms. The first-order valence-electron chi connectivity index (χ1n) is 4.31. The number of halogens is 2. The topological polar surface area (TPSA) is 20.2 Å². The van der Waals surface area contributed by atoms with Gasteiger partial charge in [0.1, 0.15) is 5.82 Å². The van der Waals surface area contributed by atoms with Gasteiger partial charge in [0.05, 0.1) is 6.10 Å². The van der Waals surface area contributed by atoms with Crippen LogP contribution in [0.25, 0.3) is 0 Å². The zero-order valence-corrected chi connectivity index (χ0v) is 8.59. The third kappa shape index (κ3) is 1.63. The van der Waals surface area contributed by atoms with Gasteiger partial charge in [-0.05, 0) is 36.6 Å². The van der Waals surface area contributed by atoms with E-state index in [1.165, 1.54) is 6.07 Å². The van der Waals surface area contributed by atoms with Crippen LogP contribution >= 0.6 is 15.9 Å². The van der Waals surface area contributed by atoms with Crippen LogP contribution in [0.4, 0.5) is 4.39 Å². The fraction of sp³-hybridized carbons (Fsp3) is 0.400. The highest BCUT2D eigenvalue weighted by Gasteiger charge is 2.32. The number of hydrogen-bond acceptors (Lipinski definition) is 1. The zero-order chi connectivity index (χ0) is 9.42. The minimum atomic E-state index is -0.358. The number of aliphatic hydroxyl groups is 1. The molecule has 70 valence electrons. The van der Waals surface area contributed by atoms with Gasteiger partial charge in [0, 0.05) is 10.4 Å². The molecular weight excluding hydrogens is 235 g/mol. The predicted molar refractivity (Wildman–Crippen MR) is 52.1 cm³/mol.